The molecule has 0 saturated carbocycles. The summed E-state index contributed by atoms with van der Waals surface area (Å²) >= 11 is 1.65. The fraction of sp³-hybridized carbons (Fsp3) is 0.308. The van der Waals surface area contributed by atoms with Crippen LogP contribution in [0, 0.1) is 0 Å². The molecule has 0 spiro atoms. The second kappa shape index (κ2) is 5.40. The van der Waals surface area contributed by atoms with E-state index in [9.17, 15) is 4.79 Å². The highest BCUT2D eigenvalue weighted by molar-refractivity contribution is 7.17. The van der Waals surface area contributed by atoms with Gasteiger partial charge in [-0.05, 0) is 22.4 Å². The Balaban J connectivity index is 2.21. The average molecular weight is 250 g/mol. The van der Waals surface area contributed by atoms with Crippen LogP contribution in [0.4, 0.5) is 0 Å². The summed E-state index contributed by atoms with van der Waals surface area (Å²) in [6, 6.07) is 8.06. The van der Waals surface area contributed by atoms with Gasteiger partial charge in [-0.15, -0.1) is 11.3 Å². The third-order valence-electron chi connectivity index (χ3n) is 2.62. The molecule has 0 amide bonds. The minimum absolute atomic E-state index is 0.0569. The molecule has 0 aliphatic rings. The maximum absolute atomic E-state index is 11.9. The van der Waals surface area contributed by atoms with Gasteiger partial charge in [0.2, 0.25) is 6.29 Å². The summed E-state index contributed by atoms with van der Waals surface area (Å²) in [5.41, 5.74) is 1.04. The van der Waals surface area contributed by atoms with Gasteiger partial charge in [0.05, 0.1) is 0 Å². The summed E-state index contributed by atoms with van der Waals surface area (Å²) < 4.78 is 11.1. The summed E-state index contributed by atoms with van der Waals surface area (Å²) in [5.74, 6) is -0.0569. The quantitative estimate of drug-likeness (QED) is 0.765. The van der Waals surface area contributed by atoms with E-state index in [0.29, 0.717) is 6.42 Å². The predicted molar refractivity (Wildman–Crippen MR) is 68.3 cm³/mol. The third-order valence-corrected chi connectivity index (χ3v) is 3.63. The number of Topliss-reactive ketones (excluding diaryl/α,β-unsaturated/α-hetero) is 1. The van der Waals surface area contributed by atoms with Gasteiger partial charge in [-0.2, -0.15) is 0 Å². The number of thiophene rings is 1. The first-order chi connectivity index (χ1) is 8.26. The highest BCUT2D eigenvalue weighted by atomic mass is 32.1. The zero-order valence-corrected chi connectivity index (χ0v) is 10.6. The van der Waals surface area contributed by atoms with Gasteiger partial charge in [-0.1, -0.05) is 18.2 Å². The van der Waals surface area contributed by atoms with Gasteiger partial charge in [0.15, 0.2) is 5.78 Å². The molecule has 2 aromatic rings. The molecule has 3 nitrogen and oxygen atoms in total. The Bertz CT molecular complexity index is 514. The number of methoxy groups -OCH3 is 2. The van der Waals surface area contributed by atoms with Crippen LogP contribution in [0.25, 0.3) is 10.1 Å². The number of hydrogen-bond donors (Lipinski definition) is 0. The van der Waals surface area contributed by atoms with Crippen LogP contribution in [-0.4, -0.2) is 26.3 Å². The van der Waals surface area contributed by atoms with Gasteiger partial charge in [0.25, 0.3) is 0 Å². The van der Waals surface area contributed by atoms with Crippen molar-refractivity contribution in [1.82, 2.24) is 0 Å². The second-order valence-electron chi connectivity index (χ2n) is 3.70. The van der Waals surface area contributed by atoms with Gasteiger partial charge in [0.1, 0.15) is 0 Å². The molecule has 90 valence electrons. The lowest BCUT2D eigenvalue weighted by Crippen LogP contribution is -2.26. The molecule has 0 fully saturated rings. The third kappa shape index (κ3) is 2.54. The molecule has 0 aliphatic heterocycles. The number of carbonyl (C=O) groups is 1. The molecule has 0 atom stereocenters. The Morgan fingerprint density at radius 2 is 2.00 bits per heavy atom. The standard InChI is InChI=1S/C13H14O3S/c1-15-13(16-2)11(14)7-9-8-17-12-6-4-3-5-10(9)12/h3-6,8,13H,7H2,1-2H3. The van der Waals surface area contributed by atoms with Crippen LogP contribution in [0.3, 0.4) is 0 Å². The first-order valence-electron chi connectivity index (χ1n) is 5.29. The fourth-order valence-corrected chi connectivity index (χ4v) is 2.76. The summed E-state index contributed by atoms with van der Waals surface area (Å²) in [6.07, 6.45) is -0.426. The topological polar surface area (TPSA) is 35.5 Å². The molecule has 1 heterocycles. The van der Waals surface area contributed by atoms with E-state index in [4.69, 9.17) is 9.47 Å². The van der Waals surface area contributed by atoms with Crippen LogP contribution < -0.4 is 0 Å². The molecule has 0 aliphatic carbocycles. The number of carbonyl (C=O) groups excluding carboxylic acids is 1. The summed E-state index contributed by atoms with van der Waals surface area (Å²) in [7, 11) is 2.94. The van der Waals surface area contributed by atoms with E-state index < -0.39 is 6.29 Å². The molecule has 4 heteroatoms. The van der Waals surface area contributed by atoms with Crippen molar-refractivity contribution in [2.24, 2.45) is 0 Å². The normalized spacial score (nSPS) is 11.2. The number of fused-ring (bicyclic) bond motifs is 1. The van der Waals surface area contributed by atoms with E-state index in [1.54, 1.807) is 11.3 Å². The van der Waals surface area contributed by atoms with Crippen LogP contribution in [0.5, 0.6) is 0 Å². The van der Waals surface area contributed by atoms with Crippen molar-refractivity contribution < 1.29 is 14.3 Å². The zero-order valence-electron chi connectivity index (χ0n) is 9.80. The van der Waals surface area contributed by atoms with Crippen LogP contribution in [0.1, 0.15) is 5.56 Å². The molecule has 0 radical (unpaired) electrons. The molecule has 2 rings (SSSR count). The SMILES string of the molecule is COC(OC)C(=O)Cc1csc2ccccc12. The van der Waals surface area contributed by atoms with E-state index in [2.05, 4.69) is 6.07 Å². The number of rotatable bonds is 5. The molecule has 1 aromatic carbocycles. The summed E-state index contributed by atoms with van der Waals surface area (Å²) in [6.45, 7) is 0. The van der Waals surface area contributed by atoms with Crippen molar-refractivity contribution in [1.29, 1.82) is 0 Å². The van der Waals surface area contributed by atoms with E-state index in [1.807, 2.05) is 23.6 Å². The summed E-state index contributed by atoms with van der Waals surface area (Å²) in [4.78, 5) is 11.9. The van der Waals surface area contributed by atoms with Gasteiger partial charge >= 0.3 is 0 Å². The van der Waals surface area contributed by atoms with Crippen molar-refractivity contribution in [3.05, 3.63) is 35.2 Å². The van der Waals surface area contributed by atoms with Crippen LogP contribution in [-0.2, 0) is 20.7 Å². The summed E-state index contributed by atoms with van der Waals surface area (Å²) in [5, 5.41) is 3.15. The lowest BCUT2D eigenvalue weighted by atomic mass is 10.1. The molecular weight excluding hydrogens is 236 g/mol. The largest absolute Gasteiger partial charge is 0.349 e. The van der Waals surface area contributed by atoms with Gasteiger partial charge in [-0.25, -0.2) is 0 Å². The van der Waals surface area contributed by atoms with Crippen LogP contribution >= 0.6 is 11.3 Å². The van der Waals surface area contributed by atoms with Crippen molar-refractivity contribution >= 4 is 27.2 Å². The second-order valence-corrected chi connectivity index (χ2v) is 4.61. The minimum atomic E-state index is -0.770. The first-order valence-corrected chi connectivity index (χ1v) is 6.17. The molecule has 0 bridgehead atoms. The molecule has 0 saturated heterocycles. The van der Waals surface area contributed by atoms with Crippen LogP contribution in [0.2, 0.25) is 0 Å². The van der Waals surface area contributed by atoms with Crippen molar-refractivity contribution in [3.63, 3.8) is 0 Å². The van der Waals surface area contributed by atoms with E-state index in [0.717, 1.165) is 10.9 Å². The maximum Gasteiger partial charge on any atom is 0.217 e. The van der Waals surface area contributed by atoms with Gasteiger partial charge in [-0.3, -0.25) is 4.79 Å². The lowest BCUT2D eigenvalue weighted by Gasteiger charge is -2.11. The lowest BCUT2D eigenvalue weighted by molar-refractivity contribution is -0.155. The smallest absolute Gasteiger partial charge is 0.217 e. The Labute approximate surface area is 104 Å². The zero-order chi connectivity index (χ0) is 12.3. The van der Waals surface area contributed by atoms with Crippen molar-refractivity contribution in [2.75, 3.05) is 14.2 Å². The number of ether oxygens (including phenoxy) is 2. The highest BCUT2D eigenvalue weighted by Gasteiger charge is 2.18. The van der Waals surface area contributed by atoms with Gasteiger partial charge < -0.3 is 9.47 Å². The molecule has 17 heavy (non-hydrogen) atoms. The van der Waals surface area contributed by atoms with E-state index >= 15 is 0 Å². The number of hydrogen-bond acceptors (Lipinski definition) is 4. The van der Waals surface area contributed by atoms with Gasteiger partial charge in [0, 0.05) is 25.3 Å². The molecular formula is C13H14O3S. The van der Waals surface area contributed by atoms with E-state index in [-0.39, 0.29) is 5.78 Å². The maximum atomic E-state index is 11.9. The Hall–Kier alpha value is -1.23. The van der Waals surface area contributed by atoms with Crippen molar-refractivity contribution in [3.8, 4) is 0 Å². The number of benzene rings is 1. The highest BCUT2D eigenvalue weighted by Crippen LogP contribution is 2.26. The van der Waals surface area contributed by atoms with Crippen molar-refractivity contribution in [2.45, 2.75) is 12.7 Å². The fourth-order valence-electron chi connectivity index (χ4n) is 1.80. The molecule has 0 N–H and O–H groups in total. The minimum Gasteiger partial charge on any atom is -0.349 e. The first kappa shape index (κ1) is 12.2. The Kier molecular flexibility index (Phi) is 3.89. The Morgan fingerprint density at radius 1 is 1.29 bits per heavy atom. The van der Waals surface area contributed by atoms with Crippen LogP contribution in [0.15, 0.2) is 29.6 Å². The average Bonchev–Trinajstić information content (AvgIpc) is 2.74. The monoisotopic (exact) mass is 250 g/mol. The number of ketones is 1. The Morgan fingerprint density at radius 3 is 2.71 bits per heavy atom. The van der Waals surface area contributed by atoms with E-state index in [1.165, 1.54) is 18.9 Å². The molecule has 0 unspecified atom stereocenters. The predicted octanol–water partition coefficient (Wildman–Crippen LogP) is 2.63. The molecule has 1 aromatic heterocycles.